The van der Waals surface area contributed by atoms with Crippen LogP contribution >= 0.6 is 0 Å². The van der Waals surface area contributed by atoms with E-state index in [9.17, 15) is 25.2 Å². The molecular weight excluding hydrogens is 612 g/mol. The highest BCUT2D eigenvalue weighted by Crippen LogP contribution is 2.72. The van der Waals surface area contributed by atoms with Crippen molar-refractivity contribution in [2.45, 2.75) is 158 Å². The Morgan fingerprint density at radius 1 is 0.936 bits per heavy atom. The van der Waals surface area contributed by atoms with Crippen LogP contribution in [0.1, 0.15) is 86.5 Å². The van der Waals surface area contributed by atoms with E-state index in [1.807, 2.05) is 13.8 Å². The summed E-state index contributed by atoms with van der Waals surface area (Å²) in [4.78, 5) is 12.0. The first-order valence-electron chi connectivity index (χ1n) is 17.6. The molecule has 3 saturated heterocycles. The normalized spacial score (nSPS) is 56.0. The molecule has 15 atom stereocenters. The highest BCUT2D eigenvalue weighted by Gasteiger charge is 2.77. The molecule has 0 aromatic rings. The molecule has 0 amide bonds. The summed E-state index contributed by atoms with van der Waals surface area (Å²) in [5, 5.41) is 48.7. The number of hydrogen-bond acceptors (Lipinski definition) is 12. The summed E-state index contributed by atoms with van der Waals surface area (Å²) in [7, 11) is 0. The SMILES string of the molecule is C[C@@H]1O[C@@H](O[C@H]2C[C@H]3OC(C)(C)OC[C@]34C3C(CC[C@]4(O)C2)[C@@]2(O)CC[C@H](C4=CC(=O)OC4)[C@@]2(C)C[C@H]3O)[C@@H]2OC(C)(C)O[C@@H]2[C@H]1O. The monoisotopic (exact) mass is 664 g/mol. The Hall–Kier alpha value is -1.19. The lowest BCUT2D eigenvalue weighted by molar-refractivity contribution is -0.407. The van der Waals surface area contributed by atoms with Crippen molar-refractivity contribution in [3.05, 3.63) is 11.6 Å². The van der Waals surface area contributed by atoms with Crippen LogP contribution in [0.25, 0.3) is 0 Å². The Kier molecular flexibility index (Phi) is 7.32. The van der Waals surface area contributed by atoms with Crippen LogP contribution in [0.15, 0.2) is 11.6 Å². The van der Waals surface area contributed by atoms with E-state index >= 15 is 0 Å². The molecule has 12 heteroatoms. The molecule has 0 aromatic heterocycles. The van der Waals surface area contributed by atoms with Crippen molar-refractivity contribution in [3.63, 3.8) is 0 Å². The zero-order valence-electron chi connectivity index (χ0n) is 28.3. The van der Waals surface area contributed by atoms with Gasteiger partial charge in [0.15, 0.2) is 17.9 Å². The van der Waals surface area contributed by atoms with E-state index in [-0.39, 0.29) is 37.4 Å². The van der Waals surface area contributed by atoms with Crippen LogP contribution in [0, 0.1) is 28.6 Å². The quantitative estimate of drug-likeness (QED) is 0.257. The lowest BCUT2D eigenvalue weighted by Crippen LogP contribution is -2.78. The Labute approximate surface area is 276 Å². The molecule has 4 aliphatic heterocycles. The van der Waals surface area contributed by atoms with Crippen molar-refractivity contribution in [1.29, 1.82) is 0 Å². The van der Waals surface area contributed by atoms with Crippen molar-refractivity contribution in [1.82, 2.24) is 0 Å². The molecule has 8 aliphatic rings. The number of hydrogen-bond donors (Lipinski definition) is 4. The van der Waals surface area contributed by atoms with Gasteiger partial charge in [-0.1, -0.05) is 6.92 Å². The molecule has 7 fully saturated rings. The number of fused-ring (bicyclic) bond motifs is 4. The summed E-state index contributed by atoms with van der Waals surface area (Å²) in [5.74, 6) is -3.10. The minimum Gasteiger partial charge on any atom is -0.458 e. The predicted molar refractivity (Wildman–Crippen MR) is 162 cm³/mol. The molecule has 4 N–H and O–H groups in total. The maximum atomic E-state index is 12.9. The average Bonchev–Trinajstić information content (AvgIpc) is 3.62. The summed E-state index contributed by atoms with van der Waals surface area (Å²) in [6.45, 7) is 11.5. The Bertz CT molecular complexity index is 1330. The second-order valence-corrected chi connectivity index (χ2v) is 17.0. The van der Waals surface area contributed by atoms with Crippen LogP contribution < -0.4 is 0 Å². The first kappa shape index (κ1) is 33.0. The van der Waals surface area contributed by atoms with Gasteiger partial charge in [0.1, 0.15) is 24.9 Å². The fourth-order valence-electron chi connectivity index (χ4n) is 11.8. The van der Waals surface area contributed by atoms with Crippen LogP contribution in [0.2, 0.25) is 0 Å². The summed E-state index contributed by atoms with van der Waals surface area (Å²) in [5.41, 5.74) is -3.23. The maximum Gasteiger partial charge on any atom is 0.331 e. The number of carbonyl (C=O) groups excluding carboxylic acids is 1. The molecule has 47 heavy (non-hydrogen) atoms. The van der Waals surface area contributed by atoms with Gasteiger partial charge in [0.05, 0.1) is 47.6 Å². The predicted octanol–water partition coefficient (Wildman–Crippen LogP) is 2.08. The Balaban J connectivity index is 1.12. The highest BCUT2D eigenvalue weighted by molar-refractivity contribution is 5.85. The Morgan fingerprint density at radius 2 is 1.68 bits per heavy atom. The topological polar surface area (TPSA) is 163 Å². The average molecular weight is 665 g/mol. The minimum absolute atomic E-state index is 0.0856. The van der Waals surface area contributed by atoms with Crippen molar-refractivity contribution in [2.24, 2.45) is 28.6 Å². The van der Waals surface area contributed by atoms with Gasteiger partial charge in [-0.15, -0.1) is 0 Å². The standard InChI is InChI=1S/C35H52O12/c1-17-26(38)27-28(47-31(4,5)46-27)29(43-17)44-19-12-23-34(16-42-30(2,3)45-23)25-21(7-9-33(34,39)13-19)35(40)10-8-20(18-11-24(37)41-15-18)32(35,6)14-22(25)36/h11,17,19-23,25-29,36,38-40H,7-10,12-16H2,1-6H3/t17-,19-,20+,21?,22+,23+,25?,26-,27+,28+,29-,32+,33-,34+,35-/m0/s1. The summed E-state index contributed by atoms with van der Waals surface area (Å²) >= 11 is 0. The lowest BCUT2D eigenvalue weighted by Gasteiger charge is -2.71. The zero-order valence-corrected chi connectivity index (χ0v) is 28.3. The van der Waals surface area contributed by atoms with Gasteiger partial charge in [0.25, 0.3) is 0 Å². The van der Waals surface area contributed by atoms with Crippen LogP contribution in [-0.2, 0) is 38.0 Å². The van der Waals surface area contributed by atoms with Crippen molar-refractivity contribution >= 4 is 5.97 Å². The van der Waals surface area contributed by atoms with E-state index in [1.165, 1.54) is 0 Å². The third kappa shape index (κ3) is 4.59. The van der Waals surface area contributed by atoms with E-state index in [0.29, 0.717) is 38.5 Å². The van der Waals surface area contributed by atoms with E-state index < -0.39 is 88.5 Å². The molecule has 4 saturated carbocycles. The number of rotatable bonds is 3. The summed E-state index contributed by atoms with van der Waals surface area (Å²) in [6, 6.07) is 0. The molecule has 1 spiro atoms. The van der Waals surface area contributed by atoms with Crippen LogP contribution in [0.4, 0.5) is 0 Å². The fourth-order valence-corrected chi connectivity index (χ4v) is 11.8. The molecule has 0 radical (unpaired) electrons. The van der Waals surface area contributed by atoms with Gasteiger partial charge in [-0.2, -0.15) is 0 Å². The second-order valence-electron chi connectivity index (χ2n) is 17.0. The van der Waals surface area contributed by atoms with Crippen molar-refractivity contribution < 1.29 is 58.4 Å². The molecule has 4 aliphatic carbocycles. The van der Waals surface area contributed by atoms with E-state index in [4.69, 9.17) is 33.2 Å². The summed E-state index contributed by atoms with van der Waals surface area (Å²) < 4.78 is 43.3. The third-order valence-electron chi connectivity index (χ3n) is 13.8. The van der Waals surface area contributed by atoms with E-state index in [0.717, 1.165) is 5.57 Å². The largest absolute Gasteiger partial charge is 0.458 e. The molecule has 8 rings (SSSR count). The maximum absolute atomic E-state index is 12.9. The van der Waals surface area contributed by atoms with Gasteiger partial charge in [-0.25, -0.2) is 4.79 Å². The zero-order chi connectivity index (χ0) is 33.5. The molecule has 12 nitrogen and oxygen atoms in total. The summed E-state index contributed by atoms with van der Waals surface area (Å²) in [6.07, 6.45) is -0.750. The molecule has 4 heterocycles. The van der Waals surface area contributed by atoms with Crippen molar-refractivity contribution in [2.75, 3.05) is 13.2 Å². The number of cyclic esters (lactones) is 1. The number of carbonyl (C=O) groups is 1. The van der Waals surface area contributed by atoms with Gasteiger partial charge in [-0.3, -0.25) is 0 Å². The molecule has 2 unspecified atom stereocenters. The van der Waals surface area contributed by atoms with Gasteiger partial charge in [0, 0.05) is 30.3 Å². The highest BCUT2D eigenvalue weighted by atomic mass is 16.8. The van der Waals surface area contributed by atoms with E-state index in [2.05, 4.69) is 6.92 Å². The van der Waals surface area contributed by atoms with Crippen LogP contribution in [-0.4, -0.2) is 111 Å². The van der Waals surface area contributed by atoms with Gasteiger partial charge >= 0.3 is 5.97 Å². The second kappa shape index (κ2) is 10.4. The van der Waals surface area contributed by atoms with Crippen LogP contribution in [0.5, 0.6) is 0 Å². The number of esters is 1. The number of aliphatic hydroxyl groups excluding tert-OH is 2. The molecule has 0 bridgehead atoms. The van der Waals surface area contributed by atoms with Crippen LogP contribution in [0.3, 0.4) is 0 Å². The third-order valence-corrected chi connectivity index (χ3v) is 13.8. The first-order chi connectivity index (χ1) is 21.9. The number of aliphatic hydroxyl groups is 4. The first-order valence-corrected chi connectivity index (χ1v) is 17.6. The fraction of sp³-hybridized carbons (Fsp3) is 0.914. The van der Waals surface area contributed by atoms with Gasteiger partial charge < -0.3 is 53.6 Å². The molecule has 0 aromatic carbocycles. The smallest absolute Gasteiger partial charge is 0.331 e. The minimum atomic E-state index is -1.33. The van der Waals surface area contributed by atoms with E-state index in [1.54, 1.807) is 26.8 Å². The lowest BCUT2D eigenvalue weighted by atomic mass is 9.40. The van der Waals surface area contributed by atoms with Crippen molar-refractivity contribution in [3.8, 4) is 0 Å². The number of ether oxygens (including phenoxy) is 7. The van der Waals surface area contributed by atoms with Gasteiger partial charge in [-0.05, 0) is 84.1 Å². The Morgan fingerprint density at radius 3 is 2.40 bits per heavy atom. The molecular formula is C35H52O12. The van der Waals surface area contributed by atoms with Gasteiger partial charge in [0.2, 0.25) is 0 Å². The molecule has 264 valence electrons.